The Kier molecular flexibility index (Phi) is 8.00. The number of para-hydroxylation sites is 1. The van der Waals surface area contributed by atoms with Gasteiger partial charge >= 0.3 is 18.2 Å². The lowest BCUT2D eigenvalue weighted by Crippen LogP contribution is -2.42. The van der Waals surface area contributed by atoms with E-state index in [1.54, 1.807) is 6.92 Å². The number of carbonyl (C=O) groups is 2. The van der Waals surface area contributed by atoms with E-state index in [0.29, 0.717) is 30.4 Å². The van der Waals surface area contributed by atoms with E-state index in [1.165, 1.54) is 17.2 Å². The van der Waals surface area contributed by atoms with E-state index in [0.717, 1.165) is 31.2 Å². The van der Waals surface area contributed by atoms with Crippen LogP contribution < -0.4 is 10.1 Å². The van der Waals surface area contributed by atoms with Gasteiger partial charge in [-0.1, -0.05) is 12.1 Å². The maximum absolute atomic E-state index is 13.9. The molecule has 1 saturated heterocycles. The summed E-state index contributed by atoms with van der Waals surface area (Å²) in [5, 5.41) is 13.4. The first-order valence-electron chi connectivity index (χ1n) is 12.1. The fourth-order valence-electron chi connectivity index (χ4n) is 4.27. The number of anilines is 1. The van der Waals surface area contributed by atoms with Gasteiger partial charge in [0.25, 0.3) is 0 Å². The normalized spacial score (nSPS) is 15.8. The van der Waals surface area contributed by atoms with Gasteiger partial charge in [-0.25, -0.2) is 33.3 Å². The van der Waals surface area contributed by atoms with E-state index in [2.05, 4.69) is 20.3 Å². The summed E-state index contributed by atoms with van der Waals surface area (Å²) in [6, 6.07) is 5.27. The summed E-state index contributed by atoms with van der Waals surface area (Å²) in [5.41, 5.74) is -3.92. The zero-order chi connectivity index (χ0) is 29.2. The number of benzene rings is 1. The third kappa shape index (κ3) is 6.17. The number of piperidine rings is 1. The van der Waals surface area contributed by atoms with Crippen LogP contribution >= 0.6 is 0 Å². The van der Waals surface area contributed by atoms with Crippen LogP contribution in [0, 0.1) is 18.6 Å². The monoisotopic (exact) mass is 565 g/mol. The highest BCUT2D eigenvalue weighted by atomic mass is 19.4. The number of amides is 2. The smallest absolute Gasteiger partial charge is 0.405 e. The number of aliphatic hydroxyl groups is 1. The Morgan fingerprint density at radius 1 is 1.05 bits per heavy atom. The Balaban J connectivity index is 1.49. The number of aryl methyl sites for hydroxylation is 1. The van der Waals surface area contributed by atoms with Gasteiger partial charge in [0.1, 0.15) is 28.8 Å². The maximum Gasteiger partial charge on any atom is 0.433 e. The lowest BCUT2D eigenvalue weighted by molar-refractivity contribution is -0.155. The van der Waals surface area contributed by atoms with E-state index in [-0.39, 0.29) is 24.6 Å². The molecule has 3 heterocycles. The van der Waals surface area contributed by atoms with Gasteiger partial charge in [0.05, 0.1) is 5.69 Å². The molecular formula is C26H24F5N5O4. The van der Waals surface area contributed by atoms with Crippen molar-refractivity contribution in [2.75, 3.05) is 18.4 Å². The Hall–Kier alpha value is -4.20. The number of pyridine rings is 1. The molecule has 1 aliphatic heterocycles. The van der Waals surface area contributed by atoms with E-state index in [1.807, 2.05) is 0 Å². The molecular weight excluding hydrogens is 541 g/mol. The molecule has 1 aromatic carbocycles. The number of alkyl halides is 3. The molecule has 0 spiro atoms. The van der Waals surface area contributed by atoms with Crippen molar-refractivity contribution in [3.63, 3.8) is 0 Å². The third-order valence-corrected chi connectivity index (χ3v) is 6.44. The summed E-state index contributed by atoms with van der Waals surface area (Å²) in [6.07, 6.45) is -2.90. The van der Waals surface area contributed by atoms with Gasteiger partial charge in [0, 0.05) is 36.8 Å². The quantitative estimate of drug-likeness (QED) is 0.340. The number of hydrogen-bond donors (Lipinski definition) is 2. The molecule has 212 valence electrons. The van der Waals surface area contributed by atoms with E-state index < -0.39 is 52.7 Å². The van der Waals surface area contributed by atoms with Crippen molar-refractivity contribution in [1.29, 1.82) is 0 Å². The number of nitrogens with one attached hydrogen (secondary N) is 1. The van der Waals surface area contributed by atoms with Crippen LogP contribution in [0.2, 0.25) is 0 Å². The molecule has 40 heavy (non-hydrogen) atoms. The predicted octanol–water partition coefficient (Wildman–Crippen LogP) is 4.70. The number of hydrogen-bond acceptors (Lipinski definition) is 7. The predicted molar refractivity (Wildman–Crippen MR) is 130 cm³/mol. The van der Waals surface area contributed by atoms with Crippen molar-refractivity contribution >= 4 is 17.7 Å². The number of urea groups is 1. The number of carbonyl (C=O) groups excluding carboxylic acids is 2. The summed E-state index contributed by atoms with van der Waals surface area (Å²) in [5.74, 6) is -3.82. The molecule has 1 atom stereocenters. The van der Waals surface area contributed by atoms with Crippen LogP contribution in [-0.2, 0) is 16.6 Å². The molecule has 0 radical (unpaired) electrons. The standard InChI is InChI=1S/C26H24F5N5O4/c1-14-32-13-16(25(2,39)23(37)40-20-8-4-7-19(34-20)26(29,30)31)21(33-14)15-9-11-36(12-10-15)24(38)35-22-17(27)5-3-6-18(22)28/h3-8,13,15,39H,9-12H2,1-2H3,(H,35,38). The number of nitrogens with zero attached hydrogens (tertiary/aromatic N) is 4. The van der Waals surface area contributed by atoms with Crippen LogP contribution in [0.1, 0.15) is 48.5 Å². The molecule has 1 unspecified atom stereocenters. The average Bonchev–Trinajstić information content (AvgIpc) is 2.90. The Morgan fingerprint density at radius 2 is 1.68 bits per heavy atom. The van der Waals surface area contributed by atoms with Gasteiger partial charge in [-0.3, -0.25) is 0 Å². The number of likely N-dealkylation sites (tertiary alicyclic amines) is 1. The largest absolute Gasteiger partial charge is 0.433 e. The minimum Gasteiger partial charge on any atom is -0.405 e. The van der Waals surface area contributed by atoms with E-state index in [9.17, 15) is 36.6 Å². The Morgan fingerprint density at radius 3 is 2.30 bits per heavy atom. The Bertz CT molecular complexity index is 1400. The molecule has 0 aliphatic carbocycles. The first-order valence-corrected chi connectivity index (χ1v) is 12.1. The molecule has 14 heteroatoms. The molecule has 0 saturated carbocycles. The average molecular weight is 565 g/mol. The number of ether oxygens (including phenoxy) is 1. The van der Waals surface area contributed by atoms with Crippen molar-refractivity contribution < 1.29 is 41.4 Å². The summed E-state index contributed by atoms with van der Waals surface area (Å²) in [4.78, 5) is 38.6. The SMILES string of the molecule is Cc1ncc(C(C)(O)C(=O)Oc2cccc(C(F)(F)F)n2)c(C2CCN(C(=O)Nc3c(F)cccc3F)CC2)n1. The second kappa shape index (κ2) is 11.1. The Labute approximate surface area is 225 Å². The van der Waals surface area contributed by atoms with Gasteiger partial charge in [0.2, 0.25) is 5.88 Å². The van der Waals surface area contributed by atoms with Crippen molar-refractivity contribution in [1.82, 2.24) is 19.9 Å². The van der Waals surface area contributed by atoms with Crippen molar-refractivity contribution in [3.8, 4) is 5.88 Å². The topological polar surface area (TPSA) is 118 Å². The number of aromatic nitrogens is 3. The van der Waals surface area contributed by atoms with Crippen molar-refractivity contribution in [2.45, 2.75) is 44.4 Å². The van der Waals surface area contributed by atoms with Crippen molar-refractivity contribution in [3.05, 3.63) is 77.0 Å². The van der Waals surface area contributed by atoms with E-state index >= 15 is 0 Å². The zero-order valence-corrected chi connectivity index (χ0v) is 21.3. The fourth-order valence-corrected chi connectivity index (χ4v) is 4.27. The minimum absolute atomic E-state index is 0.0218. The number of halogens is 5. The molecule has 1 fully saturated rings. The van der Waals surface area contributed by atoms with Crippen LogP contribution in [0.25, 0.3) is 0 Å². The summed E-state index contributed by atoms with van der Waals surface area (Å²) < 4.78 is 71.8. The summed E-state index contributed by atoms with van der Waals surface area (Å²) >= 11 is 0. The van der Waals surface area contributed by atoms with Crippen LogP contribution in [0.15, 0.2) is 42.6 Å². The zero-order valence-electron chi connectivity index (χ0n) is 21.3. The molecule has 2 amide bonds. The van der Waals surface area contributed by atoms with Crippen LogP contribution in [-0.4, -0.2) is 50.0 Å². The lowest BCUT2D eigenvalue weighted by atomic mass is 9.85. The molecule has 1 aliphatic rings. The van der Waals surface area contributed by atoms with Crippen LogP contribution in [0.4, 0.5) is 32.4 Å². The highest BCUT2D eigenvalue weighted by Gasteiger charge is 2.41. The van der Waals surface area contributed by atoms with Crippen LogP contribution in [0.3, 0.4) is 0 Å². The highest BCUT2D eigenvalue weighted by molar-refractivity contribution is 5.89. The van der Waals surface area contributed by atoms with E-state index in [4.69, 9.17) is 4.74 Å². The molecule has 2 aromatic heterocycles. The summed E-state index contributed by atoms with van der Waals surface area (Å²) in [7, 11) is 0. The fraction of sp³-hybridized carbons (Fsp3) is 0.346. The van der Waals surface area contributed by atoms with Gasteiger partial charge in [-0.15, -0.1) is 0 Å². The molecule has 9 nitrogen and oxygen atoms in total. The van der Waals surface area contributed by atoms with Gasteiger partial charge in [-0.05, 0) is 44.9 Å². The summed E-state index contributed by atoms with van der Waals surface area (Å²) in [6.45, 7) is 3.02. The maximum atomic E-state index is 13.9. The first-order chi connectivity index (χ1) is 18.8. The van der Waals surface area contributed by atoms with Gasteiger partial charge < -0.3 is 20.1 Å². The van der Waals surface area contributed by atoms with Crippen LogP contribution in [0.5, 0.6) is 5.88 Å². The third-order valence-electron chi connectivity index (χ3n) is 6.44. The molecule has 3 aromatic rings. The number of esters is 1. The second-order valence-corrected chi connectivity index (χ2v) is 9.32. The highest BCUT2D eigenvalue weighted by Crippen LogP contribution is 2.35. The molecule has 4 rings (SSSR count). The first kappa shape index (κ1) is 28.8. The molecule has 0 bridgehead atoms. The van der Waals surface area contributed by atoms with Gasteiger partial charge in [0.15, 0.2) is 5.60 Å². The lowest BCUT2D eigenvalue weighted by Gasteiger charge is -2.34. The second-order valence-electron chi connectivity index (χ2n) is 9.32. The van der Waals surface area contributed by atoms with Gasteiger partial charge in [-0.2, -0.15) is 13.2 Å². The molecule has 2 N–H and O–H groups in total. The minimum atomic E-state index is -4.77. The van der Waals surface area contributed by atoms with Crippen molar-refractivity contribution in [2.24, 2.45) is 0 Å². The number of rotatable bonds is 5.